The zero-order valence-corrected chi connectivity index (χ0v) is 43.9. The number of nitrogens with zero attached hydrogens (tertiary/aromatic N) is 2. The monoisotopic (exact) mass is 1020 g/mol. The number of hydrogen-bond acceptors (Lipinski definition) is 19. The maximum atomic E-state index is 13.8. The van der Waals surface area contributed by atoms with Gasteiger partial charge < -0.3 is 95.1 Å². The highest BCUT2D eigenvalue weighted by molar-refractivity contribution is 5.82. The number of nitrogens with one attached hydrogen (secondary N) is 4. The number of ether oxygens (including phenoxy) is 8. The van der Waals surface area contributed by atoms with Crippen molar-refractivity contribution in [2.45, 2.75) is 205 Å². The summed E-state index contributed by atoms with van der Waals surface area (Å²) in [6.07, 6.45) is -14.3. The van der Waals surface area contributed by atoms with Gasteiger partial charge in [0.1, 0.15) is 70.8 Å². The Balaban J connectivity index is 2.08. The number of rotatable bonds is 15. The molecule has 1 saturated carbocycles. The highest BCUT2D eigenvalue weighted by Crippen LogP contribution is 2.35. The lowest BCUT2D eigenvalue weighted by molar-refractivity contribution is -0.311. The number of alkyl carbamates (subject to hydrolysis) is 2. The van der Waals surface area contributed by atoms with Gasteiger partial charge in [-0.25, -0.2) is 19.2 Å². The van der Waals surface area contributed by atoms with Gasteiger partial charge in [0.2, 0.25) is 18.1 Å². The van der Waals surface area contributed by atoms with E-state index in [1.165, 1.54) is 21.0 Å². The van der Waals surface area contributed by atoms with Crippen molar-refractivity contribution in [2.24, 2.45) is 5.73 Å². The predicted octanol–water partition coefficient (Wildman–Crippen LogP) is 0.820. The van der Waals surface area contributed by atoms with Crippen LogP contribution >= 0.6 is 0 Å². The Morgan fingerprint density at radius 3 is 1.83 bits per heavy atom. The lowest BCUT2D eigenvalue weighted by atomic mass is 9.82. The Kier molecular flexibility index (Phi) is 20.7. The second kappa shape index (κ2) is 24.3. The van der Waals surface area contributed by atoms with Crippen molar-refractivity contribution in [3.05, 3.63) is 11.8 Å². The van der Waals surface area contributed by atoms with Gasteiger partial charge in [0.15, 0.2) is 6.29 Å². The molecule has 2 fully saturated rings. The van der Waals surface area contributed by atoms with Gasteiger partial charge in [-0.15, -0.1) is 0 Å². The molecule has 6 amide bonds. The summed E-state index contributed by atoms with van der Waals surface area (Å²) in [7, 11) is 2.67. The van der Waals surface area contributed by atoms with Crippen LogP contribution in [-0.4, -0.2) is 202 Å². The zero-order chi connectivity index (χ0) is 54.2. The van der Waals surface area contributed by atoms with Crippen molar-refractivity contribution in [1.29, 1.82) is 0 Å². The Hall–Kier alpha value is -4.76. The van der Waals surface area contributed by atoms with Crippen molar-refractivity contribution in [1.82, 2.24) is 31.1 Å². The van der Waals surface area contributed by atoms with Crippen LogP contribution in [0.2, 0.25) is 0 Å². The first-order valence-corrected chi connectivity index (χ1v) is 23.6. The second-order valence-corrected chi connectivity index (χ2v) is 22.2. The Bertz CT molecular complexity index is 1880. The number of hydrogen-bond donors (Lipinski definition) is 9. The topological polar surface area (TPSA) is 338 Å². The molecule has 2 aliphatic heterocycles. The molecule has 1 saturated heterocycles. The van der Waals surface area contributed by atoms with Gasteiger partial charge in [0, 0.05) is 20.6 Å². The molecule has 0 spiro atoms. The summed E-state index contributed by atoms with van der Waals surface area (Å²) in [5.74, 6) is -1.40. The van der Waals surface area contributed by atoms with E-state index >= 15 is 0 Å². The molecule has 71 heavy (non-hydrogen) atoms. The summed E-state index contributed by atoms with van der Waals surface area (Å²) in [5.41, 5.74) is 0.439. The van der Waals surface area contributed by atoms with Gasteiger partial charge in [-0.2, -0.15) is 0 Å². The van der Waals surface area contributed by atoms with E-state index < -0.39 is 145 Å². The third-order valence-corrected chi connectivity index (χ3v) is 10.7. The maximum Gasteiger partial charge on any atom is 0.410 e. The van der Waals surface area contributed by atoms with Crippen LogP contribution in [0.3, 0.4) is 0 Å². The van der Waals surface area contributed by atoms with Crippen LogP contribution in [0.1, 0.15) is 109 Å². The average Bonchev–Trinajstić information content (AvgIpc) is 3.19. The first-order chi connectivity index (χ1) is 32.4. The standard InChI is InChI=1S/C46H81N7O18/c1-42(2,3)68-38(59)48-19-18-28(54)35(58)50-26-20-27(51-39(60)69-43(4,5)6)33(66-36-25(17-16-24(21-47)65-36)49-29(55)22-52(14)40(61)70-44(7,8)9)30(56)32(26)67-37-31(57)34(46(13,63)23-64-37)53(15)41(62)71-45(10,11)12/h16,25-28,30-34,36-37,54,56-57,63H,17-23,47H2,1-15H3,(H,48,59)(H,49,55)(H,50,58)(H,51,60)/t25-,26-,27+,28+,30-,31-,32+,33-,34-,36-,37-,46+/m1/s1. The largest absolute Gasteiger partial charge is 0.466 e. The maximum absolute atomic E-state index is 13.8. The fourth-order valence-corrected chi connectivity index (χ4v) is 7.71. The van der Waals surface area contributed by atoms with Crippen LogP contribution in [0, 0.1) is 0 Å². The minimum atomic E-state index is -1.93. The Labute approximate surface area is 416 Å². The quantitative estimate of drug-likeness (QED) is 0.103. The fourth-order valence-electron chi connectivity index (χ4n) is 7.71. The fraction of sp³-hybridized carbons (Fsp3) is 0.826. The number of nitrogens with two attached hydrogens (primary N) is 1. The highest BCUT2D eigenvalue weighted by Gasteiger charge is 2.55. The number of aliphatic hydroxyl groups is 4. The van der Waals surface area contributed by atoms with Gasteiger partial charge in [0.25, 0.3) is 0 Å². The van der Waals surface area contributed by atoms with Crippen LogP contribution < -0.4 is 27.0 Å². The van der Waals surface area contributed by atoms with E-state index in [-0.39, 0.29) is 38.1 Å². The molecule has 0 radical (unpaired) electrons. The van der Waals surface area contributed by atoms with Gasteiger partial charge >= 0.3 is 24.4 Å². The average molecular weight is 1020 g/mol. The first-order valence-electron chi connectivity index (χ1n) is 23.6. The van der Waals surface area contributed by atoms with E-state index in [9.17, 15) is 49.2 Å². The molecule has 0 bridgehead atoms. The normalized spacial score (nSPS) is 28.6. The zero-order valence-electron chi connectivity index (χ0n) is 43.9. The van der Waals surface area contributed by atoms with E-state index in [0.717, 1.165) is 9.80 Å². The minimum Gasteiger partial charge on any atom is -0.466 e. The molecule has 0 unspecified atom stereocenters. The minimum absolute atomic E-state index is 0.0833. The number of amides is 6. The molecule has 10 N–H and O–H groups in total. The molecule has 25 nitrogen and oxygen atoms in total. The molecule has 0 aromatic rings. The van der Waals surface area contributed by atoms with Crippen molar-refractivity contribution < 1.29 is 87.1 Å². The summed E-state index contributed by atoms with van der Waals surface area (Å²) < 4.78 is 46.5. The van der Waals surface area contributed by atoms with Crippen LogP contribution in [0.15, 0.2) is 11.8 Å². The lowest BCUT2D eigenvalue weighted by Gasteiger charge is -2.50. The van der Waals surface area contributed by atoms with Crippen molar-refractivity contribution in [3.8, 4) is 0 Å². The summed E-state index contributed by atoms with van der Waals surface area (Å²) >= 11 is 0. The van der Waals surface area contributed by atoms with Crippen LogP contribution in [0.25, 0.3) is 0 Å². The third kappa shape index (κ3) is 19.3. The van der Waals surface area contributed by atoms with Crippen molar-refractivity contribution >= 4 is 36.2 Å². The molecule has 0 aromatic carbocycles. The number of aliphatic hydroxyl groups excluding tert-OH is 3. The second-order valence-electron chi connectivity index (χ2n) is 22.2. The van der Waals surface area contributed by atoms with Crippen LogP contribution in [-0.2, 0) is 47.5 Å². The van der Waals surface area contributed by atoms with E-state index in [1.54, 1.807) is 89.2 Å². The number of carbonyl (C=O) groups is 6. The predicted molar refractivity (Wildman–Crippen MR) is 252 cm³/mol. The molecule has 3 aliphatic rings. The molecule has 2 heterocycles. The smallest absolute Gasteiger partial charge is 0.410 e. The molecule has 408 valence electrons. The Morgan fingerprint density at radius 1 is 0.761 bits per heavy atom. The summed E-state index contributed by atoms with van der Waals surface area (Å²) in [6, 6.07) is -5.09. The molecule has 1 aliphatic carbocycles. The van der Waals surface area contributed by atoms with Crippen LogP contribution in [0.4, 0.5) is 19.2 Å². The van der Waals surface area contributed by atoms with Gasteiger partial charge in [-0.05, 0) is 115 Å². The SMILES string of the molecule is CN(CC(=O)N[C@@H]1CC=C(CN)O[C@@H]1O[C@H]1[C@H](O)[C@@H](O[C@H]2OC[C@](C)(O)[C@H](N(C)C(=O)OC(C)(C)C)[C@H]2O)[C@H](NC(=O)[C@@H](O)CCNC(=O)OC(C)(C)C)C[C@@H]1NC(=O)OC(C)(C)C)C(=O)OC(C)(C)C. The van der Waals surface area contributed by atoms with Gasteiger partial charge in [-0.3, -0.25) is 9.59 Å². The lowest BCUT2D eigenvalue weighted by Crippen LogP contribution is -2.71. The van der Waals surface area contributed by atoms with E-state index in [0.29, 0.717) is 0 Å². The molecule has 3 rings (SSSR count). The summed E-state index contributed by atoms with van der Waals surface area (Å²) in [6.45, 7) is 19.8. The van der Waals surface area contributed by atoms with Crippen molar-refractivity contribution in [3.63, 3.8) is 0 Å². The number of carbonyl (C=O) groups excluding carboxylic acids is 6. The summed E-state index contributed by atoms with van der Waals surface area (Å²) in [4.78, 5) is 81.1. The third-order valence-electron chi connectivity index (χ3n) is 10.7. The first kappa shape index (κ1) is 60.5. The summed E-state index contributed by atoms with van der Waals surface area (Å²) in [5, 5.41) is 57.5. The Morgan fingerprint density at radius 2 is 1.28 bits per heavy atom. The highest BCUT2D eigenvalue weighted by atomic mass is 16.7. The molecule has 12 atom stereocenters. The van der Waals surface area contributed by atoms with Gasteiger partial charge in [-0.1, -0.05) is 0 Å². The van der Waals surface area contributed by atoms with E-state index in [1.807, 2.05) is 0 Å². The van der Waals surface area contributed by atoms with E-state index in [4.69, 9.17) is 43.6 Å². The molecule has 25 heteroatoms. The van der Waals surface area contributed by atoms with Gasteiger partial charge in [0.05, 0.1) is 37.3 Å². The number of likely N-dealkylation sites (N-methyl/N-ethyl adjacent to an activating group) is 2. The van der Waals surface area contributed by atoms with Crippen molar-refractivity contribution in [2.75, 3.05) is 40.3 Å². The van der Waals surface area contributed by atoms with E-state index in [2.05, 4.69) is 21.3 Å². The molecular formula is C46H81N7O18. The molecule has 0 aromatic heterocycles. The molecular weight excluding hydrogens is 939 g/mol. The van der Waals surface area contributed by atoms with Crippen LogP contribution in [0.5, 0.6) is 0 Å².